The number of hydrogen-bond donors (Lipinski definition) is 2. The molecule has 0 aliphatic carbocycles. The van der Waals surface area contributed by atoms with Gasteiger partial charge in [-0.15, -0.1) is 11.3 Å². The van der Waals surface area contributed by atoms with Gasteiger partial charge in [-0.2, -0.15) is 0 Å². The molecule has 2 heterocycles. The highest BCUT2D eigenvalue weighted by Crippen LogP contribution is 2.22. The molecular weight excluding hydrogens is 386 g/mol. The number of halogens is 1. The number of para-hydroxylation sites is 1. The molecule has 0 spiro atoms. The monoisotopic (exact) mass is 399 g/mol. The first kappa shape index (κ1) is 15.4. The average molecular weight is 400 g/mol. The van der Waals surface area contributed by atoms with Gasteiger partial charge >= 0.3 is 0 Å². The summed E-state index contributed by atoms with van der Waals surface area (Å²) in [5.74, 6) is -0.0940. The van der Waals surface area contributed by atoms with Crippen molar-refractivity contribution in [2.45, 2.75) is 6.42 Å². The number of hydrogen-bond acceptors (Lipinski definition) is 3. The number of rotatable bonds is 4. The highest BCUT2D eigenvalue weighted by molar-refractivity contribution is 9.10. The number of amides is 1. The van der Waals surface area contributed by atoms with Crippen LogP contribution in [0.2, 0.25) is 0 Å². The van der Waals surface area contributed by atoms with Crippen molar-refractivity contribution in [3.05, 3.63) is 63.7 Å². The predicted octanol–water partition coefficient (Wildman–Crippen LogP) is 4.51. The number of nitrogens with zero attached hydrogens (tertiary/aromatic N) is 1. The zero-order valence-electron chi connectivity index (χ0n) is 12.7. The molecule has 1 amide bonds. The van der Waals surface area contributed by atoms with E-state index in [0.717, 1.165) is 32.3 Å². The Labute approximate surface area is 151 Å². The number of aromatic amines is 1. The van der Waals surface area contributed by atoms with Crippen molar-refractivity contribution in [3.63, 3.8) is 0 Å². The van der Waals surface area contributed by atoms with E-state index in [9.17, 15) is 4.79 Å². The quantitative estimate of drug-likeness (QED) is 0.530. The average Bonchev–Trinajstić information content (AvgIpc) is 3.17. The summed E-state index contributed by atoms with van der Waals surface area (Å²) in [7, 11) is 0. The summed E-state index contributed by atoms with van der Waals surface area (Å²) in [6.45, 7) is 0.567. The van der Waals surface area contributed by atoms with E-state index in [4.69, 9.17) is 0 Å². The van der Waals surface area contributed by atoms with E-state index in [0.29, 0.717) is 12.2 Å². The van der Waals surface area contributed by atoms with Crippen LogP contribution in [0.15, 0.2) is 53.0 Å². The van der Waals surface area contributed by atoms with Gasteiger partial charge in [-0.25, -0.2) is 4.98 Å². The van der Waals surface area contributed by atoms with Gasteiger partial charge in [0.1, 0.15) is 5.69 Å². The first-order valence-electron chi connectivity index (χ1n) is 7.60. The number of H-pyrrole nitrogens is 1. The minimum atomic E-state index is -0.0940. The Kier molecular flexibility index (Phi) is 4.08. The molecule has 0 radical (unpaired) electrons. The molecule has 0 saturated heterocycles. The zero-order chi connectivity index (χ0) is 16.5. The largest absolute Gasteiger partial charge is 0.351 e. The van der Waals surface area contributed by atoms with Crippen molar-refractivity contribution in [2.75, 3.05) is 6.54 Å². The minimum absolute atomic E-state index is 0.0940. The van der Waals surface area contributed by atoms with Crippen LogP contribution in [0.4, 0.5) is 0 Å². The van der Waals surface area contributed by atoms with Crippen molar-refractivity contribution in [2.24, 2.45) is 0 Å². The fourth-order valence-electron chi connectivity index (χ4n) is 2.63. The molecule has 0 aliphatic heterocycles. The van der Waals surface area contributed by atoms with Crippen molar-refractivity contribution < 1.29 is 4.79 Å². The van der Waals surface area contributed by atoms with Crippen LogP contribution in [0.25, 0.3) is 21.1 Å². The van der Waals surface area contributed by atoms with Gasteiger partial charge in [0.15, 0.2) is 0 Å². The van der Waals surface area contributed by atoms with Crippen LogP contribution in [-0.4, -0.2) is 22.4 Å². The lowest BCUT2D eigenvalue weighted by Crippen LogP contribution is -2.25. The topological polar surface area (TPSA) is 57.8 Å². The summed E-state index contributed by atoms with van der Waals surface area (Å²) in [4.78, 5) is 20.0. The maximum absolute atomic E-state index is 12.3. The van der Waals surface area contributed by atoms with Crippen molar-refractivity contribution in [3.8, 4) is 0 Å². The van der Waals surface area contributed by atoms with Crippen LogP contribution in [0.3, 0.4) is 0 Å². The van der Waals surface area contributed by atoms with Crippen molar-refractivity contribution in [1.82, 2.24) is 15.3 Å². The van der Waals surface area contributed by atoms with E-state index < -0.39 is 0 Å². The second kappa shape index (κ2) is 6.37. The SMILES string of the molecule is O=C(NCCc1nc2ccccc2s1)c1cc2cc(Br)ccc2[nH]1. The zero-order valence-corrected chi connectivity index (χ0v) is 15.1. The molecule has 2 aromatic heterocycles. The first-order valence-corrected chi connectivity index (χ1v) is 9.21. The van der Waals surface area contributed by atoms with Crippen LogP contribution in [-0.2, 0) is 6.42 Å². The van der Waals surface area contributed by atoms with Crippen molar-refractivity contribution in [1.29, 1.82) is 0 Å². The molecule has 0 atom stereocenters. The Bertz CT molecular complexity index is 1000. The Morgan fingerprint density at radius 2 is 2.08 bits per heavy atom. The van der Waals surface area contributed by atoms with Gasteiger partial charge in [-0.3, -0.25) is 4.79 Å². The van der Waals surface area contributed by atoms with Gasteiger partial charge in [0.25, 0.3) is 5.91 Å². The molecule has 6 heteroatoms. The smallest absolute Gasteiger partial charge is 0.267 e. The fourth-order valence-corrected chi connectivity index (χ4v) is 3.98. The van der Waals surface area contributed by atoms with Gasteiger partial charge in [0, 0.05) is 28.3 Å². The van der Waals surface area contributed by atoms with Gasteiger partial charge in [-0.1, -0.05) is 28.1 Å². The van der Waals surface area contributed by atoms with Crippen LogP contribution < -0.4 is 5.32 Å². The second-order valence-electron chi connectivity index (χ2n) is 5.50. The second-order valence-corrected chi connectivity index (χ2v) is 7.53. The number of aromatic nitrogens is 2. The van der Waals surface area contributed by atoms with Gasteiger partial charge in [0.05, 0.1) is 15.2 Å². The first-order chi connectivity index (χ1) is 11.7. The molecule has 4 nitrogen and oxygen atoms in total. The summed E-state index contributed by atoms with van der Waals surface area (Å²) < 4.78 is 2.18. The number of carbonyl (C=O) groups is 1. The van der Waals surface area contributed by atoms with Crippen LogP contribution in [0.5, 0.6) is 0 Å². The summed E-state index contributed by atoms with van der Waals surface area (Å²) in [5.41, 5.74) is 2.55. The Morgan fingerprint density at radius 3 is 2.96 bits per heavy atom. The van der Waals surface area contributed by atoms with Crippen LogP contribution in [0, 0.1) is 0 Å². The Balaban J connectivity index is 1.41. The van der Waals surface area contributed by atoms with Crippen LogP contribution in [0.1, 0.15) is 15.5 Å². The standard InChI is InChI=1S/C18H14BrN3OS/c19-12-5-6-13-11(9-12)10-15(21-13)18(23)20-8-7-17-22-14-3-1-2-4-16(14)24-17/h1-6,9-10,21H,7-8H2,(H,20,23). The molecule has 4 rings (SSSR count). The molecule has 0 saturated carbocycles. The maximum Gasteiger partial charge on any atom is 0.267 e. The molecule has 4 aromatic rings. The Morgan fingerprint density at radius 1 is 1.21 bits per heavy atom. The Hall–Kier alpha value is -2.18. The third-order valence-corrected chi connectivity index (χ3v) is 5.38. The van der Waals surface area contributed by atoms with Crippen LogP contribution >= 0.6 is 27.3 Å². The van der Waals surface area contributed by atoms with E-state index in [1.54, 1.807) is 11.3 Å². The third kappa shape index (κ3) is 3.07. The third-order valence-electron chi connectivity index (χ3n) is 3.79. The summed E-state index contributed by atoms with van der Waals surface area (Å²) in [6.07, 6.45) is 0.733. The van der Waals surface area contributed by atoms with Crippen molar-refractivity contribution >= 4 is 54.3 Å². The van der Waals surface area contributed by atoms with E-state index in [2.05, 4.69) is 37.3 Å². The molecule has 2 aromatic carbocycles. The molecule has 0 bridgehead atoms. The number of nitrogens with one attached hydrogen (secondary N) is 2. The summed E-state index contributed by atoms with van der Waals surface area (Å²) in [6, 6.07) is 15.8. The molecule has 0 unspecified atom stereocenters. The van der Waals surface area contributed by atoms with E-state index in [-0.39, 0.29) is 5.91 Å². The molecule has 120 valence electrons. The van der Waals surface area contributed by atoms with Gasteiger partial charge < -0.3 is 10.3 Å². The highest BCUT2D eigenvalue weighted by Gasteiger charge is 2.10. The van der Waals surface area contributed by atoms with Gasteiger partial charge in [0.2, 0.25) is 0 Å². The number of benzene rings is 2. The molecule has 0 fully saturated rings. The maximum atomic E-state index is 12.3. The lowest BCUT2D eigenvalue weighted by Gasteiger charge is -2.01. The summed E-state index contributed by atoms with van der Waals surface area (Å²) >= 11 is 5.12. The molecule has 24 heavy (non-hydrogen) atoms. The number of thiazole rings is 1. The molecule has 0 aliphatic rings. The number of fused-ring (bicyclic) bond motifs is 2. The van der Waals surface area contributed by atoms with E-state index >= 15 is 0 Å². The van der Waals surface area contributed by atoms with E-state index in [1.165, 1.54) is 4.70 Å². The predicted molar refractivity (Wildman–Crippen MR) is 102 cm³/mol. The fraction of sp³-hybridized carbons (Fsp3) is 0.111. The number of carbonyl (C=O) groups excluding carboxylic acids is 1. The molecular formula is C18H14BrN3OS. The lowest BCUT2D eigenvalue weighted by atomic mass is 10.2. The molecule has 2 N–H and O–H groups in total. The summed E-state index contributed by atoms with van der Waals surface area (Å²) in [5, 5.41) is 5.01. The minimum Gasteiger partial charge on any atom is -0.351 e. The van der Waals surface area contributed by atoms with E-state index in [1.807, 2.05) is 42.5 Å². The lowest BCUT2D eigenvalue weighted by molar-refractivity contribution is 0.0950. The normalized spacial score (nSPS) is 11.2. The highest BCUT2D eigenvalue weighted by atomic mass is 79.9. The van der Waals surface area contributed by atoms with Gasteiger partial charge in [-0.05, 0) is 36.4 Å².